The molecular formula is C20H18FN3S. The second-order valence-corrected chi connectivity index (χ2v) is 6.24. The lowest BCUT2D eigenvalue weighted by Gasteiger charge is -2.06. The van der Waals surface area contributed by atoms with Crippen molar-refractivity contribution in [2.75, 3.05) is 6.54 Å². The number of hydrogen-bond donors (Lipinski definition) is 0. The smallest absolute Gasteiger partial charge is 0.206 e. The summed E-state index contributed by atoms with van der Waals surface area (Å²) in [7, 11) is 0. The Bertz CT molecular complexity index is 951. The first-order valence-corrected chi connectivity index (χ1v) is 8.76. The van der Waals surface area contributed by atoms with Crippen LogP contribution < -0.4 is 4.80 Å². The fourth-order valence-electron chi connectivity index (χ4n) is 2.35. The maximum Gasteiger partial charge on any atom is 0.206 e. The molecule has 0 unspecified atom stereocenters. The van der Waals surface area contributed by atoms with E-state index in [4.69, 9.17) is 5.10 Å². The van der Waals surface area contributed by atoms with E-state index >= 15 is 0 Å². The topological polar surface area (TPSA) is 29.6 Å². The quantitative estimate of drug-likeness (QED) is 0.470. The predicted octanol–water partition coefficient (Wildman–Crippen LogP) is 4.71. The predicted molar refractivity (Wildman–Crippen MR) is 102 cm³/mol. The summed E-state index contributed by atoms with van der Waals surface area (Å²) in [5.41, 5.74) is 3.69. The first-order chi connectivity index (χ1) is 12.2. The molecule has 25 heavy (non-hydrogen) atoms. The third-order valence-corrected chi connectivity index (χ3v) is 4.48. The molecule has 0 aliphatic rings. The van der Waals surface area contributed by atoms with Gasteiger partial charge in [0.1, 0.15) is 5.82 Å². The van der Waals surface area contributed by atoms with Gasteiger partial charge in [0.25, 0.3) is 0 Å². The molecule has 0 fully saturated rings. The maximum atomic E-state index is 13.1. The molecule has 0 aliphatic carbocycles. The third kappa shape index (κ3) is 4.00. The van der Waals surface area contributed by atoms with E-state index in [0.29, 0.717) is 6.54 Å². The van der Waals surface area contributed by atoms with E-state index in [0.717, 1.165) is 27.3 Å². The van der Waals surface area contributed by atoms with Crippen LogP contribution in [0, 0.1) is 5.82 Å². The van der Waals surface area contributed by atoms with E-state index in [2.05, 4.69) is 11.6 Å². The molecule has 0 saturated carbocycles. The van der Waals surface area contributed by atoms with Gasteiger partial charge in [-0.25, -0.2) is 9.07 Å². The number of benzene rings is 2. The van der Waals surface area contributed by atoms with Gasteiger partial charge in [0, 0.05) is 10.9 Å². The fraction of sp³-hybridized carbons (Fsp3) is 0.100. The summed E-state index contributed by atoms with van der Waals surface area (Å²) in [5.74, 6) is -0.258. The molecule has 3 nitrogen and oxygen atoms in total. The molecule has 0 atom stereocenters. The van der Waals surface area contributed by atoms with Gasteiger partial charge in [0.05, 0.1) is 18.0 Å². The standard InChI is InChI=1S/C20H18FN3S/c1-3-13-22-20-24(19(14-25-20)17-7-5-4-6-8-17)23-15(2)16-9-11-18(21)12-10-16/h3-12,14H,1,13H2,2H3. The Morgan fingerprint density at radius 2 is 1.88 bits per heavy atom. The van der Waals surface area contributed by atoms with Crippen LogP contribution in [0.2, 0.25) is 0 Å². The fourth-order valence-corrected chi connectivity index (χ4v) is 3.19. The van der Waals surface area contributed by atoms with Gasteiger partial charge in [-0.05, 0) is 24.6 Å². The molecule has 0 N–H and O–H groups in total. The Morgan fingerprint density at radius 3 is 2.56 bits per heavy atom. The summed E-state index contributed by atoms with van der Waals surface area (Å²) >= 11 is 1.53. The Labute approximate surface area is 150 Å². The Balaban J connectivity index is 2.12. The van der Waals surface area contributed by atoms with Crippen molar-refractivity contribution < 1.29 is 4.39 Å². The van der Waals surface area contributed by atoms with Crippen molar-refractivity contribution in [3.05, 3.63) is 88.8 Å². The highest BCUT2D eigenvalue weighted by Gasteiger charge is 2.08. The van der Waals surface area contributed by atoms with E-state index in [1.165, 1.54) is 23.5 Å². The summed E-state index contributed by atoms with van der Waals surface area (Å²) in [5, 5.41) is 6.78. The molecule has 1 heterocycles. The summed E-state index contributed by atoms with van der Waals surface area (Å²) in [6.07, 6.45) is 1.75. The number of halogens is 1. The number of aromatic nitrogens is 1. The summed E-state index contributed by atoms with van der Waals surface area (Å²) in [6, 6.07) is 16.4. The second-order valence-electron chi connectivity index (χ2n) is 5.40. The minimum Gasteiger partial charge on any atom is -0.253 e. The second kappa shape index (κ2) is 7.85. The largest absolute Gasteiger partial charge is 0.253 e. The molecule has 0 radical (unpaired) electrons. The van der Waals surface area contributed by atoms with Crippen LogP contribution in [0.25, 0.3) is 11.3 Å². The first-order valence-electron chi connectivity index (χ1n) is 7.88. The minimum absolute atomic E-state index is 0.258. The van der Waals surface area contributed by atoms with E-state index in [-0.39, 0.29) is 5.82 Å². The van der Waals surface area contributed by atoms with Crippen LogP contribution in [0.3, 0.4) is 0 Å². The van der Waals surface area contributed by atoms with E-state index in [9.17, 15) is 4.39 Å². The molecule has 0 aliphatic heterocycles. The van der Waals surface area contributed by atoms with Crippen molar-refractivity contribution in [2.45, 2.75) is 6.92 Å². The summed E-state index contributed by atoms with van der Waals surface area (Å²) in [6.45, 7) is 6.15. The molecular weight excluding hydrogens is 333 g/mol. The number of nitrogens with zero attached hydrogens (tertiary/aromatic N) is 3. The molecule has 3 rings (SSSR count). The lowest BCUT2D eigenvalue weighted by molar-refractivity contribution is 0.627. The Hall–Kier alpha value is -2.79. The average molecular weight is 351 g/mol. The number of hydrogen-bond acceptors (Lipinski definition) is 3. The van der Waals surface area contributed by atoms with Crippen LogP contribution in [0.1, 0.15) is 12.5 Å². The van der Waals surface area contributed by atoms with Gasteiger partial charge in [0.15, 0.2) is 0 Å². The van der Waals surface area contributed by atoms with Crippen LogP contribution in [0.15, 0.2) is 82.7 Å². The SMILES string of the molecule is C=CCN=c1scc(-c2ccccc2)n1N=C(C)c1ccc(F)cc1. The highest BCUT2D eigenvalue weighted by Crippen LogP contribution is 2.20. The Kier molecular flexibility index (Phi) is 5.36. The normalized spacial score (nSPS) is 12.4. The highest BCUT2D eigenvalue weighted by atomic mass is 32.1. The lowest BCUT2D eigenvalue weighted by atomic mass is 10.1. The zero-order valence-electron chi connectivity index (χ0n) is 13.9. The van der Waals surface area contributed by atoms with Crippen molar-refractivity contribution in [3.8, 4) is 11.3 Å². The molecule has 1 aromatic heterocycles. The molecule has 0 amide bonds. The molecule has 0 spiro atoms. The van der Waals surface area contributed by atoms with Gasteiger partial charge in [-0.15, -0.1) is 17.9 Å². The van der Waals surface area contributed by atoms with Crippen LogP contribution in [0.5, 0.6) is 0 Å². The minimum atomic E-state index is -0.258. The van der Waals surface area contributed by atoms with Crippen LogP contribution in [-0.4, -0.2) is 16.9 Å². The van der Waals surface area contributed by atoms with Crippen molar-refractivity contribution >= 4 is 17.0 Å². The summed E-state index contributed by atoms with van der Waals surface area (Å²) < 4.78 is 15.0. The van der Waals surface area contributed by atoms with Crippen LogP contribution >= 0.6 is 11.3 Å². The molecule has 3 aromatic rings. The van der Waals surface area contributed by atoms with Gasteiger partial charge in [-0.2, -0.15) is 5.10 Å². The van der Waals surface area contributed by atoms with Crippen molar-refractivity contribution in [1.82, 2.24) is 4.68 Å². The third-order valence-electron chi connectivity index (χ3n) is 3.62. The zero-order valence-corrected chi connectivity index (χ0v) is 14.7. The van der Waals surface area contributed by atoms with E-state index < -0.39 is 0 Å². The maximum absolute atomic E-state index is 13.1. The van der Waals surface area contributed by atoms with Gasteiger partial charge in [-0.1, -0.05) is 48.5 Å². The van der Waals surface area contributed by atoms with Crippen LogP contribution in [-0.2, 0) is 0 Å². The zero-order chi connectivity index (χ0) is 17.6. The molecule has 2 aromatic carbocycles. The van der Waals surface area contributed by atoms with Gasteiger partial charge < -0.3 is 0 Å². The van der Waals surface area contributed by atoms with Crippen LogP contribution in [0.4, 0.5) is 4.39 Å². The average Bonchev–Trinajstić information content (AvgIpc) is 3.03. The van der Waals surface area contributed by atoms with Crippen molar-refractivity contribution in [2.24, 2.45) is 10.1 Å². The van der Waals surface area contributed by atoms with E-state index in [1.54, 1.807) is 18.2 Å². The van der Waals surface area contributed by atoms with Crippen molar-refractivity contribution in [3.63, 3.8) is 0 Å². The van der Waals surface area contributed by atoms with E-state index in [1.807, 2.05) is 47.3 Å². The molecule has 0 saturated heterocycles. The van der Waals surface area contributed by atoms with Gasteiger partial charge >= 0.3 is 0 Å². The molecule has 126 valence electrons. The summed E-state index contributed by atoms with van der Waals surface area (Å²) in [4.78, 5) is 5.32. The Morgan fingerprint density at radius 1 is 1.16 bits per heavy atom. The lowest BCUT2D eigenvalue weighted by Crippen LogP contribution is -2.14. The van der Waals surface area contributed by atoms with Gasteiger partial charge in [0.2, 0.25) is 4.80 Å². The first kappa shape index (κ1) is 17.0. The monoisotopic (exact) mass is 351 g/mol. The highest BCUT2D eigenvalue weighted by molar-refractivity contribution is 7.07. The number of thiazole rings is 1. The molecule has 5 heteroatoms. The number of rotatable bonds is 5. The molecule has 0 bridgehead atoms. The van der Waals surface area contributed by atoms with Crippen molar-refractivity contribution in [1.29, 1.82) is 0 Å². The van der Waals surface area contributed by atoms with Gasteiger partial charge in [-0.3, -0.25) is 4.99 Å².